The van der Waals surface area contributed by atoms with E-state index < -0.39 is 23.5 Å². The van der Waals surface area contributed by atoms with Crippen LogP contribution < -0.4 is 9.80 Å². The fraction of sp³-hybridized carbons (Fsp3) is 0.107. The molecule has 184 valence electrons. The minimum atomic E-state index is -0.963. The Kier molecular flexibility index (Phi) is 5.08. The number of carbonyl (C=O) groups excluding carboxylic acids is 2. The Morgan fingerprint density at radius 3 is 2.54 bits per heavy atom. The minimum absolute atomic E-state index is 0.0565. The van der Waals surface area contributed by atoms with Gasteiger partial charge in [0.1, 0.15) is 11.6 Å². The van der Waals surface area contributed by atoms with Crippen molar-refractivity contribution in [2.24, 2.45) is 0 Å². The van der Waals surface area contributed by atoms with Crippen LogP contribution in [0.5, 0.6) is 0 Å². The van der Waals surface area contributed by atoms with Crippen LogP contribution in [0.1, 0.15) is 17.2 Å². The van der Waals surface area contributed by atoms with Crippen molar-refractivity contribution in [1.29, 1.82) is 0 Å². The number of imidazole rings is 1. The molecule has 0 aliphatic carbocycles. The Labute approximate surface area is 210 Å². The number of carbonyl (C=O) groups is 2. The van der Waals surface area contributed by atoms with Gasteiger partial charge in [0.05, 0.1) is 22.6 Å². The molecule has 1 saturated heterocycles. The predicted molar refractivity (Wildman–Crippen MR) is 140 cm³/mol. The standard InChI is InChI=1S/C28H22FN5O3/c1-33(2)17-10-7-15(8-11-17)24-23(25(35)19-14-30-20-6-4-3-5-18(19)20)26(36)27(37)34(24)28-31-21-12-9-16(29)13-22(21)32-28/h3-14,24,30,35H,1-2H3,(H,31,32)/b25-23+. The van der Waals surface area contributed by atoms with Crippen molar-refractivity contribution < 1.29 is 19.1 Å². The van der Waals surface area contributed by atoms with Crippen LogP contribution in [0.25, 0.3) is 27.7 Å². The Bertz CT molecular complexity index is 1730. The van der Waals surface area contributed by atoms with Crippen molar-refractivity contribution in [3.63, 3.8) is 0 Å². The van der Waals surface area contributed by atoms with Crippen molar-refractivity contribution in [2.75, 3.05) is 23.9 Å². The molecule has 3 aromatic carbocycles. The summed E-state index contributed by atoms with van der Waals surface area (Å²) in [5.74, 6) is -2.34. The summed E-state index contributed by atoms with van der Waals surface area (Å²) < 4.78 is 13.8. The molecule has 3 N–H and O–H groups in total. The van der Waals surface area contributed by atoms with Crippen molar-refractivity contribution in [3.8, 4) is 0 Å². The highest BCUT2D eigenvalue weighted by atomic mass is 19.1. The lowest BCUT2D eigenvalue weighted by atomic mass is 9.95. The first-order chi connectivity index (χ1) is 17.8. The van der Waals surface area contributed by atoms with Crippen molar-refractivity contribution >= 4 is 51.0 Å². The molecule has 0 saturated carbocycles. The number of ketones is 1. The fourth-order valence-corrected chi connectivity index (χ4v) is 4.82. The number of rotatable bonds is 4. The number of aromatic amines is 2. The van der Waals surface area contributed by atoms with Crippen LogP contribution in [0.4, 0.5) is 16.0 Å². The third-order valence-electron chi connectivity index (χ3n) is 6.67. The van der Waals surface area contributed by atoms with Gasteiger partial charge in [-0.2, -0.15) is 0 Å². The van der Waals surface area contributed by atoms with Gasteiger partial charge >= 0.3 is 5.91 Å². The van der Waals surface area contributed by atoms with E-state index in [2.05, 4.69) is 15.0 Å². The Hall–Kier alpha value is -4.92. The van der Waals surface area contributed by atoms with Gasteiger partial charge in [-0.15, -0.1) is 0 Å². The first kappa shape index (κ1) is 22.5. The molecule has 1 aliphatic heterocycles. The molecule has 2 aromatic heterocycles. The molecule has 1 aliphatic rings. The number of halogens is 1. The van der Waals surface area contributed by atoms with Crippen LogP contribution in [0.15, 0.2) is 78.5 Å². The van der Waals surface area contributed by atoms with Gasteiger partial charge in [-0.25, -0.2) is 9.37 Å². The van der Waals surface area contributed by atoms with Crippen LogP contribution in [-0.4, -0.2) is 45.8 Å². The van der Waals surface area contributed by atoms with Gasteiger partial charge in [-0.05, 0) is 42.0 Å². The summed E-state index contributed by atoms with van der Waals surface area (Å²) in [4.78, 5) is 40.6. The van der Waals surface area contributed by atoms with Crippen LogP contribution in [0, 0.1) is 5.82 Å². The number of para-hydroxylation sites is 1. The number of Topliss-reactive ketones (excluding diaryl/α,β-unsaturated/α-hetero) is 1. The smallest absolute Gasteiger partial charge is 0.302 e. The monoisotopic (exact) mass is 495 g/mol. The summed E-state index contributed by atoms with van der Waals surface area (Å²) in [7, 11) is 3.82. The number of anilines is 2. The van der Waals surface area contributed by atoms with E-state index in [1.54, 1.807) is 6.20 Å². The average molecular weight is 496 g/mol. The molecule has 1 unspecified atom stereocenters. The maximum atomic E-state index is 13.8. The van der Waals surface area contributed by atoms with Gasteiger partial charge in [0, 0.05) is 42.4 Å². The second kappa shape index (κ2) is 8.34. The number of aromatic nitrogens is 3. The molecule has 0 bridgehead atoms. The molecule has 0 spiro atoms. The van der Waals surface area contributed by atoms with Gasteiger partial charge in [0.2, 0.25) is 5.95 Å². The SMILES string of the molecule is CN(C)c1ccc(C2/C(=C(\O)c3c[nH]c4ccccc34)C(=O)C(=O)N2c2nc3ccc(F)cc3[nH]2)cc1. The molecule has 6 rings (SSSR count). The molecule has 5 aromatic rings. The number of fused-ring (bicyclic) bond motifs is 2. The third kappa shape index (κ3) is 3.55. The summed E-state index contributed by atoms with van der Waals surface area (Å²) in [6.07, 6.45) is 1.61. The molecular formula is C28H22FN5O3. The van der Waals surface area contributed by atoms with E-state index in [1.807, 2.05) is 67.5 Å². The summed E-state index contributed by atoms with van der Waals surface area (Å²) in [6, 6.07) is 17.8. The van der Waals surface area contributed by atoms with E-state index in [9.17, 15) is 19.1 Å². The second-order valence-electron chi connectivity index (χ2n) is 9.12. The number of nitrogens with zero attached hydrogens (tertiary/aromatic N) is 3. The quantitative estimate of drug-likeness (QED) is 0.187. The molecule has 9 heteroatoms. The number of amides is 1. The summed E-state index contributed by atoms with van der Waals surface area (Å²) in [6.45, 7) is 0. The Morgan fingerprint density at radius 1 is 1.03 bits per heavy atom. The number of aliphatic hydroxyl groups excluding tert-OH is 1. The fourth-order valence-electron chi connectivity index (χ4n) is 4.82. The molecular weight excluding hydrogens is 473 g/mol. The maximum Gasteiger partial charge on any atom is 0.302 e. The zero-order valence-corrected chi connectivity index (χ0v) is 20.0. The van der Waals surface area contributed by atoms with Gasteiger partial charge in [0.25, 0.3) is 5.78 Å². The van der Waals surface area contributed by atoms with Gasteiger partial charge in [-0.3, -0.25) is 14.5 Å². The molecule has 1 fully saturated rings. The third-order valence-corrected chi connectivity index (χ3v) is 6.67. The predicted octanol–water partition coefficient (Wildman–Crippen LogP) is 4.88. The lowest BCUT2D eigenvalue weighted by Gasteiger charge is -2.23. The molecule has 1 atom stereocenters. The van der Waals surface area contributed by atoms with Crippen molar-refractivity contribution in [1.82, 2.24) is 15.0 Å². The molecule has 1 amide bonds. The van der Waals surface area contributed by atoms with E-state index in [1.165, 1.54) is 23.1 Å². The highest BCUT2D eigenvalue weighted by molar-refractivity contribution is 6.51. The Balaban J connectivity index is 1.58. The molecule has 0 radical (unpaired) electrons. The zero-order chi connectivity index (χ0) is 25.8. The second-order valence-corrected chi connectivity index (χ2v) is 9.12. The summed E-state index contributed by atoms with van der Waals surface area (Å²) in [5, 5.41) is 12.2. The van der Waals surface area contributed by atoms with Crippen molar-refractivity contribution in [3.05, 3.63) is 95.4 Å². The van der Waals surface area contributed by atoms with E-state index in [-0.39, 0.29) is 17.3 Å². The lowest BCUT2D eigenvalue weighted by molar-refractivity contribution is -0.132. The van der Waals surface area contributed by atoms with Gasteiger partial charge < -0.3 is 20.0 Å². The highest BCUT2D eigenvalue weighted by Gasteiger charge is 2.48. The summed E-state index contributed by atoms with van der Waals surface area (Å²) >= 11 is 0. The van der Waals surface area contributed by atoms with E-state index in [0.717, 1.165) is 11.2 Å². The normalized spacial score (nSPS) is 17.3. The number of aliphatic hydroxyl groups is 1. The minimum Gasteiger partial charge on any atom is -0.507 e. The topological polar surface area (TPSA) is 105 Å². The van der Waals surface area contributed by atoms with Crippen LogP contribution in [-0.2, 0) is 9.59 Å². The molecule has 8 nitrogen and oxygen atoms in total. The van der Waals surface area contributed by atoms with Crippen LogP contribution in [0.3, 0.4) is 0 Å². The highest BCUT2D eigenvalue weighted by Crippen LogP contribution is 2.42. The van der Waals surface area contributed by atoms with Crippen LogP contribution in [0.2, 0.25) is 0 Å². The van der Waals surface area contributed by atoms with Crippen LogP contribution >= 0.6 is 0 Å². The maximum absolute atomic E-state index is 13.8. The number of hydrogen-bond donors (Lipinski definition) is 3. The number of hydrogen-bond acceptors (Lipinski definition) is 5. The largest absolute Gasteiger partial charge is 0.507 e. The number of benzene rings is 3. The van der Waals surface area contributed by atoms with Crippen molar-refractivity contribution in [2.45, 2.75) is 6.04 Å². The van der Waals surface area contributed by atoms with E-state index in [0.29, 0.717) is 27.5 Å². The Morgan fingerprint density at radius 2 is 1.78 bits per heavy atom. The van der Waals surface area contributed by atoms with Gasteiger partial charge in [-0.1, -0.05) is 30.3 Å². The molecule has 37 heavy (non-hydrogen) atoms. The van der Waals surface area contributed by atoms with E-state index >= 15 is 0 Å². The average Bonchev–Trinajstić information content (AvgIpc) is 3.58. The zero-order valence-electron chi connectivity index (χ0n) is 20.0. The molecule has 3 heterocycles. The summed E-state index contributed by atoms with van der Waals surface area (Å²) in [5.41, 5.74) is 3.50. The number of nitrogens with one attached hydrogen (secondary N) is 2. The van der Waals surface area contributed by atoms with E-state index in [4.69, 9.17) is 0 Å². The number of H-pyrrole nitrogens is 2. The van der Waals surface area contributed by atoms with Gasteiger partial charge in [0.15, 0.2) is 0 Å². The first-order valence-electron chi connectivity index (χ1n) is 11.6. The lowest BCUT2D eigenvalue weighted by Crippen LogP contribution is -2.30. The first-order valence-corrected chi connectivity index (χ1v) is 11.6.